The van der Waals surface area contributed by atoms with Gasteiger partial charge in [0, 0.05) is 1.43 Å². The molecule has 0 spiro atoms. The Balaban J connectivity index is 0. The summed E-state index contributed by atoms with van der Waals surface area (Å²) in [6.45, 7) is 6.75. The van der Waals surface area contributed by atoms with Crippen LogP contribution in [0.15, 0.2) is 0 Å². The van der Waals surface area contributed by atoms with Crippen molar-refractivity contribution >= 4 is 0 Å². The summed E-state index contributed by atoms with van der Waals surface area (Å²) in [5.74, 6) is 0. The zero-order valence-electron chi connectivity index (χ0n) is 6.04. The van der Waals surface area contributed by atoms with Crippen LogP contribution in [0, 0.1) is 0 Å². The Bertz CT molecular complexity index is 28.3. The molecule has 1 nitrogen and oxygen atoms in total. The lowest BCUT2D eigenvalue weighted by molar-refractivity contribution is 0.857. The second kappa shape index (κ2) is 6.96. The van der Waals surface area contributed by atoms with Gasteiger partial charge in [0.15, 0.2) is 0 Å². The summed E-state index contributed by atoms with van der Waals surface area (Å²) in [5, 5.41) is 3.22. The van der Waals surface area contributed by atoms with Crippen LogP contribution in [-0.2, 0) is 0 Å². The molecule has 1 aliphatic rings. The monoisotopic (exact) mass is 117 g/mol. The normalized spacial score (nSPS) is 17.2. The zero-order chi connectivity index (χ0) is 6.24. The van der Waals surface area contributed by atoms with Gasteiger partial charge in [-0.25, -0.2) is 0 Å². The van der Waals surface area contributed by atoms with Crippen LogP contribution < -0.4 is 5.32 Å². The first kappa shape index (κ1) is 7.96. The fourth-order valence-corrected chi connectivity index (χ4v) is 0.625. The Labute approximate surface area is 54.0 Å². The SMILES string of the molecule is C1CCNC1.CCC.[HH]. The fourth-order valence-electron chi connectivity index (χ4n) is 0.625. The maximum Gasteiger partial charge on any atom is 0 e. The van der Waals surface area contributed by atoms with E-state index in [-0.39, 0.29) is 1.43 Å². The van der Waals surface area contributed by atoms with E-state index in [1.807, 2.05) is 0 Å². The Kier molecular flexibility index (Phi) is 6.93. The third-order valence-electron chi connectivity index (χ3n) is 0.957. The zero-order valence-corrected chi connectivity index (χ0v) is 6.04. The van der Waals surface area contributed by atoms with E-state index in [2.05, 4.69) is 19.2 Å². The molecule has 1 saturated heterocycles. The standard InChI is InChI=1S/C4H9N.C3H8.H2/c1-2-4-5-3-1;1-3-2;/h5H,1-4H2;3H2,1-2H3;1H. The van der Waals surface area contributed by atoms with Crippen LogP contribution in [0.4, 0.5) is 0 Å². The van der Waals surface area contributed by atoms with Gasteiger partial charge in [-0.05, 0) is 25.9 Å². The average molecular weight is 117 g/mol. The van der Waals surface area contributed by atoms with Crippen LogP contribution in [0.25, 0.3) is 0 Å². The number of nitrogens with one attached hydrogen (secondary N) is 1. The maximum absolute atomic E-state index is 3.22. The van der Waals surface area contributed by atoms with Crippen molar-refractivity contribution in [1.82, 2.24) is 5.32 Å². The van der Waals surface area contributed by atoms with Gasteiger partial charge in [-0.3, -0.25) is 0 Å². The molecule has 0 amide bonds. The van der Waals surface area contributed by atoms with Gasteiger partial charge in [0.2, 0.25) is 0 Å². The van der Waals surface area contributed by atoms with Crippen LogP contribution in [-0.4, -0.2) is 13.1 Å². The molecule has 0 bridgehead atoms. The molecule has 1 fully saturated rings. The van der Waals surface area contributed by atoms with Crippen molar-refractivity contribution in [3.8, 4) is 0 Å². The van der Waals surface area contributed by atoms with Crippen LogP contribution in [0.5, 0.6) is 0 Å². The van der Waals surface area contributed by atoms with Crippen LogP contribution in [0.3, 0.4) is 0 Å². The van der Waals surface area contributed by atoms with Gasteiger partial charge in [-0.2, -0.15) is 0 Å². The molecule has 1 heteroatoms. The highest BCUT2D eigenvalue weighted by atomic mass is 14.9. The Morgan fingerprint density at radius 1 is 1.25 bits per heavy atom. The van der Waals surface area contributed by atoms with Crippen molar-refractivity contribution in [3.63, 3.8) is 0 Å². The first-order valence-electron chi connectivity index (χ1n) is 3.62. The van der Waals surface area contributed by atoms with Gasteiger partial charge in [0.05, 0.1) is 0 Å². The lowest BCUT2D eigenvalue weighted by Gasteiger charge is -1.76. The summed E-state index contributed by atoms with van der Waals surface area (Å²) in [7, 11) is 0. The van der Waals surface area contributed by atoms with Crippen LogP contribution >= 0.6 is 0 Å². The number of hydrogen-bond acceptors (Lipinski definition) is 1. The van der Waals surface area contributed by atoms with Gasteiger partial charge in [0.1, 0.15) is 0 Å². The molecule has 0 aromatic rings. The van der Waals surface area contributed by atoms with E-state index in [9.17, 15) is 0 Å². The first-order valence-corrected chi connectivity index (χ1v) is 3.62. The van der Waals surface area contributed by atoms with Gasteiger partial charge < -0.3 is 5.32 Å². The van der Waals surface area contributed by atoms with E-state index in [1.54, 1.807) is 0 Å². The predicted octanol–water partition coefficient (Wildman–Crippen LogP) is 2.03. The summed E-state index contributed by atoms with van der Waals surface area (Å²) < 4.78 is 0. The summed E-state index contributed by atoms with van der Waals surface area (Å²) in [6, 6.07) is 0. The van der Waals surface area contributed by atoms with Crippen molar-refractivity contribution in [3.05, 3.63) is 0 Å². The Hall–Kier alpha value is -0.0400. The molecule has 0 unspecified atom stereocenters. The molecule has 1 heterocycles. The van der Waals surface area contributed by atoms with Gasteiger partial charge in [0.25, 0.3) is 0 Å². The minimum atomic E-state index is 0. The number of rotatable bonds is 0. The molecule has 52 valence electrons. The van der Waals surface area contributed by atoms with Crippen molar-refractivity contribution in [1.29, 1.82) is 0 Å². The van der Waals surface area contributed by atoms with E-state index in [4.69, 9.17) is 0 Å². The van der Waals surface area contributed by atoms with E-state index in [1.165, 1.54) is 32.4 Å². The van der Waals surface area contributed by atoms with E-state index in [0.717, 1.165) is 0 Å². The smallest absolute Gasteiger partial charge is 0 e. The summed E-state index contributed by atoms with van der Waals surface area (Å²) >= 11 is 0. The first-order chi connectivity index (χ1) is 3.91. The van der Waals surface area contributed by atoms with Crippen molar-refractivity contribution in [2.45, 2.75) is 33.1 Å². The fraction of sp³-hybridized carbons (Fsp3) is 1.00. The van der Waals surface area contributed by atoms with Gasteiger partial charge in [-0.15, -0.1) is 0 Å². The van der Waals surface area contributed by atoms with Crippen molar-refractivity contribution in [2.24, 2.45) is 0 Å². The molecule has 1 rings (SSSR count). The van der Waals surface area contributed by atoms with Crippen molar-refractivity contribution in [2.75, 3.05) is 13.1 Å². The van der Waals surface area contributed by atoms with E-state index < -0.39 is 0 Å². The molecule has 0 atom stereocenters. The molecular formula is C7H19N. The average Bonchev–Trinajstić information content (AvgIpc) is 2.17. The second-order valence-corrected chi connectivity index (χ2v) is 2.16. The summed E-state index contributed by atoms with van der Waals surface area (Å²) in [6.07, 6.45) is 4.03. The minimum Gasteiger partial charge on any atom is -0.317 e. The van der Waals surface area contributed by atoms with Gasteiger partial charge in [-0.1, -0.05) is 20.3 Å². The third-order valence-corrected chi connectivity index (χ3v) is 0.957. The molecule has 0 aromatic heterocycles. The third kappa shape index (κ3) is 5.96. The van der Waals surface area contributed by atoms with E-state index in [0.29, 0.717) is 0 Å². The maximum atomic E-state index is 3.22. The molecule has 0 aliphatic carbocycles. The van der Waals surface area contributed by atoms with Crippen LogP contribution in [0.1, 0.15) is 34.5 Å². The predicted molar refractivity (Wildman–Crippen MR) is 40.2 cm³/mol. The highest BCUT2D eigenvalue weighted by Crippen LogP contribution is 1.90. The molecule has 0 aromatic carbocycles. The second-order valence-electron chi connectivity index (χ2n) is 2.16. The Morgan fingerprint density at radius 2 is 1.62 bits per heavy atom. The lowest BCUT2D eigenvalue weighted by Crippen LogP contribution is -2.03. The minimum absolute atomic E-state index is 0. The van der Waals surface area contributed by atoms with Crippen LogP contribution in [0.2, 0.25) is 0 Å². The molecule has 0 radical (unpaired) electrons. The van der Waals surface area contributed by atoms with Crippen molar-refractivity contribution < 1.29 is 1.43 Å². The molecular weight excluding hydrogens is 98.1 g/mol. The van der Waals surface area contributed by atoms with Gasteiger partial charge >= 0.3 is 0 Å². The quantitative estimate of drug-likeness (QED) is 0.512. The van der Waals surface area contributed by atoms with E-state index >= 15 is 0 Å². The largest absolute Gasteiger partial charge is 0.317 e. The molecule has 0 saturated carbocycles. The molecule has 1 aliphatic heterocycles. The molecule has 8 heavy (non-hydrogen) atoms. The summed E-state index contributed by atoms with van der Waals surface area (Å²) in [4.78, 5) is 0. The Morgan fingerprint density at radius 3 is 1.75 bits per heavy atom. The lowest BCUT2D eigenvalue weighted by atomic mass is 10.4. The topological polar surface area (TPSA) is 12.0 Å². The summed E-state index contributed by atoms with van der Waals surface area (Å²) in [5.41, 5.74) is 0. The molecule has 1 N–H and O–H groups in total. The highest BCUT2D eigenvalue weighted by molar-refractivity contribution is 4.55. The number of hydrogen-bond donors (Lipinski definition) is 1. The highest BCUT2D eigenvalue weighted by Gasteiger charge is 1.93.